The smallest absolute Gasteiger partial charge is 0.318 e. The number of carbonyl (C=O) groups is 2. The van der Waals surface area contributed by atoms with Gasteiger partial charge in [-0.25, -0.2) is 0 Å². The van der Waals surface area contributed by atoms with E-state index in [2.05, 4.69) is 9.71 Å². The van der Waals surface area contributed by atoms with Crippen molar-refractivity contribution < 1.29 is 19.8 Å². The average Bonchev–Trinajstić information content (AvgIpc) is 2.13. The van der Waals surface area contributed by atoms with Crippen LogP contribution in [0.25, 0.3) is 0 Å². The molecule has 7 nitrogen and oxygen atoms in total. The first-order valence-electron chi connectivity index (χ1n) is 4.11. The zero-order valence-electron chi connectivity index (χ0n) is 8.14. The Morgan fingerprint density at radius 3 is 2.60 bits per heavy atom. The number of aliphatic carboxylic acids is 2. The number of nitrogens with one attached hydrogen (secondary N) is 1. The average molecular weight is 235 g/mol. The lowest BCUT2D eigenvalue weighted by Gasteiger charge is -2.04. The van der Waals surface area contributed by atoms with Gasteiger partial charge in [-0.15, -0.1) is 0 Å². The van der Waals surface area contributed by atoms with Gasteiger partial charge in [-0.2, -0.15) is 4.40 Å². The fraction of sp³-hybridized carbons (Fsp3) is 0.571. The Kier molecular flexibility index (Phi) is 6.27. The predicted octanol–water partition coefficient (Wildman–Crippen LogP) is -0.513. The van der Waals surface area contributed by atoms with Crippen molar-refractivity contribution >= 4 is 29.8 Å². The first kappa shape index (κ1) is 13.6. The molecule has 86 valence electrons. The Labute approximate surface area is 90.9 Å². The number of nitrogens with two attached hydrogens (primary N) is 1. The maximum atomic E-state index is 10.4. The summed E-state index contributed by atoms with van der Waals surface area (Å²) in [6.07, 6.45) is -0.0740. The number of hydrogen-bond acceptors (Lipinski definition) is 4. The Morgan fingerprint density at radius 1 is 1.53 bits per heavy atom. The predicted molar refractivity (Wildman–Crippen MR) is 56.6 cm³/mol. The second-order valence-electron chi connectivity index (χ2n) is 2.63. The third kappa shape index (κ3) is 7.62. The van der Waals surface area contributed by atoms with Crippen molar-refractivity contribution in [3.8, 4) is 0 Å². The van der Waals surface area contributed by atoms with Crippen molar-refractivity contribution in [1.82, 2.24) is 5.32 Å². The van der Waals surface area contributed by atoms with E-state index in [0.29, 0.717) is 0 Å². The topological polar surface area (TPSA) is 125 Å². The molecule has 0 aliphatic carbocycles. The van der Waals surface area contributed by atoms with E-state index in [1.807, 2.05) is 0 Å². The van der Waals surface area contributed by atoms with Gasteiger partial charge in [0.05, 0.1) is 6.42 Å². The molecule has 0 amide bonds. The summed E-state index contributed by atoms with van der Waals surface area (Å²) in [5, 5.41) is 18.7. The van der Waals surface area contributed by atoms with Gasteiger partial charge in [-0.1, -0.05) is 0 Å². The highest BCUT2D eigenvalue weighted by Gasteiger charge is 2.10. The Bertz CT molecular complexity index is 269. The molecule has 0 aromatic carbocycles. The Hall–Kier alpha value is -1.44. The number of guanidine groups is 1. The van der Waals surface area contributed by atoms with Gasteiger partial charge in [0.15, 0.2) is 5.96 Å². The molecule has 0 aliphatic heterocycles. The molecule has 0 aromatic heterocycles. The van der Waals surface area contributed by atoms with Crippen molar-refractivity contribution in [2.24, 2.45) is 10.1 Å². The van der Waals surface area contributed by atoms with Crippen molar-refractivity contribution in [2.45, 2.75) is 18.6 Å². The molecule has 1 unspecified atom stereocenters. The fourth-order valence-electron chi connectivity index (χ4n) is 0.511. The van der Waals surface area contributed by atoms with Crippen LogP contribution < -0.4 is 11.1 Å². The number of rotatable bonds is 6. The van der Waals surface area contributed by atoms with Crippen LogP contribution in [0, 0.1) is 0 Å². The van der Waals surface area contributed by atoms with Crippen LogP contribution in [-0.2, 0) is 9.59 Å². The SMILES string of the molecule is CC(SN=C(N)NCCC(=O)O)C(=O)O. The molecule has 0 saturated heterocycles. The van der Waals surface area contributed by atoms with E-state index in [9.17, 15) is 9.59 Å². The number of carboxylic acids is 2. The van der Waals surface area contributed by atoms with E-state index in [1.165, 1.54) is 6.92 Å². The molecule has 0 aromatic rings. The summed E-state index contributed by atoms with van der Waals surface area (Å²) in [5.41, 5.74) is 5.34. The summed E-state index contributed by atoms with van der Waals surface area (Å²) in [6, 6.07) is 0. The van der Waals surface area contributed by atoms with E-state index >= 15 is 0 Å². The minimum absolute atomic E-state index is 0.0225. The largest absolute Gasteiger partial charge is 0.481 e. The lowest BCUT2D eigenvalue weighted by molar-refractivity contribution is -0.137. The van der Waals surface area contributed by atoms with Crippen molar-refractivity contribution in [3.63, 3.8) is 0 Å². The molecule has 0 radical (unpaired) electrons. The second-order valence-corrected chi connectivity index (χ2v) is 3.73. The van der Waals surface area contributed by atoms with Crippen LogP contribution in [0.1, 0.15) is 13.3 Å². The van der Waals surface area contributed by atoms with Crippen molar-refractivity contribution in [2.75, 3.05) is 6.54 Å². The van der Waals surface area contributed by atoms with E-state index in [1.54, 1.807) is 0 Å². The molecule has 1 atom stereocenters. The highest BCUT2D eigenvalue weighted by atomic mass is 32.2. The Morgan fingerprint density at radius 2 is 2.13 bits per heavy atom. The van der Waals surface area contributed by atoms with Gasteiger partial charge in [0.25, 0.3) is 0 Å². The van der Waals surface area contributed by atoms with E-state index < -0.39 is 17.2 Å². The van der Waals surface area contributed by atoms with Crippen LogP contribution >= 0.6 is 11.9 Å². The molecule has 0 fully saturated rings. The summed E-state index contributed by atoms with van der Waals surface area (Å²) < 4.78 is 3.67. The van der Waals surface area contributed by atoms with Crippen LogP contribution in [-0.4, -0.2) is 39.9 Å². The molecule has 5 N–H and O–H groups in total. The van der Waals surface area contributed by atoms with Gasteiger partial charge in [0.1, 0.15) is 5.25 Å². The molecular weight excluding hydrogens is 222 g/mol. The minimum Gasteiger partial charge on any atom is -0.481 e. The molecule has 0 rings (SSSR count). The first-order chi connectivity index (χ1) is 6.93. The molecule has 8 heteroatoms. The van der Waals surface area contributed by atoms with E-state index in [0.717, 1.165) is 11.9 Å². The molecule has 0 bridgehead atoms. The van der Waals surface area contributed by atoms with E-state index in [-0.39, 0.29) is 18.9 Å². The summed E-state index contributed by atoms with van der Waals surface area (Å²) in [4.78, 5) is 20.5. The van der Waals surface area contributed by atoms with Gasteiger partial charge in [0.2, 0.25) is 0 Å². The summed E-state index contributed by atoms with van der Waals surface area (Å²) in [6.45, 7) is 1.63. The summed E-state index contributed by atoms with van der Waals surface area (Å²) in [5.74, 6) is -1.90. The second kappa shape index (κ2) is 6.93. The normalized spacial score (nSPS) is 13.3. The standard InChI is InChI=1S/C7H13N3O4S/c1-4(6(13)14)15-10-7(8)9-3-2-5(11)12/h4H,2-3H2,1H3,(H,11,12)(H,13,14)(H3,8,9,10). The third-order valence-electron chi connectivity index (χ3n) is 1.30. The first-order valence-corrected chi connectivity index (χ1v) is 4.95. The molecule has 0 heterocycles. The molecule has 0 aliphatic rings. The highest BCUT2D eigenvalue weighted by molar-refractivity contribution is 7.99. The molecular formula is C7H13N3O4S. The van der Waals surface area contributed by atoms with Crippen LogP contribution in [0.2, 0.25) is 0 Å². The van der Waals surface area contributed by atoms with Crippen LogP contribution in [0.15, 0.2) is 4.40 Å². The fourth-order valence-corrected chi connectivity index (χ4v) is 0.937. The van der Waals surface area contributed by atoms with Gasteiger partial charge in [-0.05, 0) is 18.9 Å². The van der Waals surface area contributed by atoms with Crippen LogP contribution in [0.3, 0.4) is 0 Å². The van der Waals surface area contributed by atoms with Crippen LogP contribution in [0.4, 0.5) is 0 Å². The Balaban J connectivity index is 3.79. The van der Waals surface area contributed by atoms with Gasteiger partial charge in [0, 0.05) is 6.54 Å². The summed E-state index contributed by atoms with van der Waals surface area (Å²) >= 11 is 0.805. The van der Waals surface area contributed by atoms with Gasteiger partial charge < -0.3 is 21.3 Å². The zero-order chi connectivity index (χ0) is 11.8. The van der Waals surface area contributed by atoms with Gasteiger partial charge >= 0.3 is 11.9 Å². The monoisotopic (exact) mass is 235 g/mol. The minimum atomic E-state index is -0.984. The lowest BCUT2D eigenvalue weighted by Crippen LogP contribution is -2.33. The number of nitrogens with zero attached hydrogens (tertiary/aromatic N) is 1. The number of hydrogen-bond donors (Lipinski definition) is 4. The quantitative estimate of drug-likeness (QED) is 0.277. The highest BCUT2D eigenvalue weighted by Crippen LogP contribution is 2.10. The lowest BCUT2D eigenvalue weighted by atomic mass is 10.4. The molecule has 0 saturated carbocycles. The molecule has 15 heavy (non-hydrogen) atoms. The zero-order valence-corrected chi connectivity index (χ0v) is 8.95. The van der Waals surface area contributed by atoms with Crippen molar-refractivity contribution in [3.05, 3.63) is 0 Å². The number of carboxylic acid groups (broad SMARTS) is 2. The maximum absolute atomic E-state index is 10.4. The molecule has 0 spiro atoms. The maximum Gasteiger partial charge on any atom is 0.318 e. The van der Waals surface area contributed by atoms with Crippen LogP contribution in [0.5, 0.6) is 0 Å². The van der Waals surface area contributed by atoms with Gasteiger partial charge in [-0.3, -0.25) is 9.59 Å². The third-order valence-corrected chi connectivity index (χ3v) is 2.12. The van der Waals surface area contributed by atoms with E-state index in [4.69, 9.17) is 15.9 Å². The van der Waals surface area contributed by atoms with Crippen molar-refractivity contribution in [1.29, 1.82) is 0 Å². The summed E-state index contributed by atoms with van der Waals surface area (Å²) in [7, 11) is 0.